The maximum atomic E-state index is 10.9. The summed E-state index contributed by atoms with van der Waals surface area (Å²) in [6, 6.07) is 0. The van der Waals surface area contributed by atoms with Crippen molar-refractivity contribution in [3.05, 3.63) is 0 Å². The van der Waals surface area contributed by atoms with Crippen molar-refractivity contribution in [2.45, 2.75) is 10.8 Å². The summed E-state index contributed by atoms with van der Waals surface area (Å²) in [5, 5.41) is -1.20. The average molecular weight is 198 g/mol. The quantitative estimate of drug-likeness (QED) is 0.427. The predicted molar refractivity (Wildman–Crippen MR) is 44.7 cm³/mol. The summed E-state index contributed by atoms with van der Waals surface area (Å²) in [7, 11) is 1.57. The molecule has 1 heterocycles. The lowest BCUT2D eigenvalue weighted by atomic mass is 10.3. The van der Waals surface area contributed by atoms with Crippen molar-refractivity contribution in [1.29, 1.82) is 0 Å². The topological polar surface area (TPSA) is 20.3 Å². The largest absolute Gasteiger partial charge is 0.307 e. The molecule has 1 aliphatic rings. The summed E-state index contributed by atoms with van der Waals surface area (Å²) in [6.07, 6.45) is 0. The van der Waals surface area contributed by atoms with Gasteiger partial charge in [-0.05, 0) is 0 Å². The number of carbonyl (C=O) groups is 1. The smallest absolute Gasteiger partial charge is 0.247 e. The van der Waals surface area contributed by atoms with Crippen LogP contribution in [0.4, 0.5) is 0 Å². The lowest BCUT2D eigenvalue weighted by molar-refractivity contribution is -0.124. The molecule has 0 bridgehead atoms. The number of nitrogens with zero attached hydrogens (tertiary/aromatic N) is 1. The molecule has 0 radical (unpaired) electrons. The Balaban J connectivity index is 2.89. The van der Waals surface area contributed by atoms with E-state index in [1.165, 1.54) is 4.90 Å². The van der Waals surface area contributed by atoms with Crippen LogP contribution < -0.4 is 0 Å². The Morgan fingerprint density at radius 2 is 2.00 bits per heavy atom. The van der Waals surface area contributed by atoms with E-state index in [9.17, 15) is 4.79 Å². The molecular formula is C5H5Cl2NOS. The Labute approximate surface area is 74.1 Å². The van der Waals surface area contributed by atoms with Gasteiger partial charge in [0.2, 0.25) is 5.91 Å². The molecule has 0 aliphatic carbocycles. The molecule has 5 heteroatoms. The first-order chi connectivity index (χ1) is 4.55. The van der Waals surface area contributed by atoms with Crippen molar-refractivity contribution in [3.63, 3.8) is 0 Å². The Kier molecular flexibility index (Phi) is 2.18. The van der Waals surface area contributed by atoms with E-state index in [0.29, 0.717) is 4.99 Å². The van der Waals surface area contributed by atoms with E-state index in [1.807, 2.05) is 0 Å². The summed E-state index contributed by atoms with van der Waals surface area (Å²) < 4.78 is 0. The molecule has 0 aromatic rings. The number of alkyl halides is 2. The van der Waals surface area contributed by atoms with Crippen LogP contribution in [-0.2, 0) is 4.79 Å². The maximum absolute atomic E-state index is 10.9. The van der Waals surface area contributed by atoms with Gasteiger partial charge < -0.3 is 4.90 Å². The molecule has 0 N–H and O–H groups in total. The first-order valence-electron chi connectivity index (χ1n) is 2.65. The third-order valence-corrected chi connectivity index (χ3v) is 3.07. The van der Waals surface area contributed by atoms with Crippen LogP contribution in [0.3, 0.4) is 0 Å². The molecule has 1 amide bonds. The van der Waals surface area contributed by atoms with E-state index >= 15 is 0 Å². The lowest BCUT2D eigenvalue weighted by Crippen LogP contribution is -2.25. The van der Waals surface area contributed by atoms with Gasteiger partial charge in [-0.25, -0.2) is 0 Å². The molecule has 56 valence electrons. The van der Waals surface area contributed by atoms with Crippen LogP contribution in [-0.4, -0.2) is 33.6 Å². The minimum Gasteiger partial charge on any atom is -0.307 e. The summed E-state index contributed by atoms with van der Waals surface area (Å²) in [5.41, 5.74) is 0. The van der Waals surface area contributed by atoms with Gasteiger partial charge >= 0.3 is 0 Å². The van der Waals surface area contributed by atoms with Crippen LogP contribution in [0.2, 0.25) is 0 Å². The standard InChI is InChI=1S/C5H5Cl2NOS/c1-8-4(9)2(6)3(7)5(8)10/h2-3H,1H3. The Morgan fingerprint density at radius 1 is 1.50 bits per heavy atom. The highest BCUT2D eigenvalue weighted by molar-refractivity contribution is 7.80. The average Bonchev–Trinajstić information content (AvgIpc) is 2.07. The molecule has 0 saturated carbocycles. The van der Waals surface area contributed by atoms with Gasteiger partial charge in [0.15, 0.2) is 0 Å². The van der Waals surface area contributed by atoms with Gasteiger partial charge in [-0.3, -0.25) is 4.79 Å². The second kappa shape index (κ2) is 2.64. The number of halogens is 2. The van der Waals surface area contributed by atoms with Gasteiger partial charge in [0.1, 0.15) is 15.7 Å². The summed E-state index contributed by atoms with van der Waals surface area (Å²) >= 11 is 16.1. The van der Waals surface area contributed by atoms with Gasteiger partial charge in [0.05, 0.1) is 0 Å². The predicted octanol–water partition coefficient (Wildman–Crippen LogP) is 1.00. The third-order valence-electron chi connectivity index (χ3n) is 1.39. The number of rotatable bonds is 0. The maximum Gasteiger partial charge on any atom is 0.247 e. The number of likely N-dealkylation sites (tertiary alicyclic amines) is 1. The van der Waals surface area contributed by atoms with Crippen LogP contribution in [0.15, 0.2) is 0 Å². The molecule has 1 aliphatic heterocycles. The highest BCUT2D eigenvalue weighted by Gasteiger charge is 2.40. The fraction of sp³-hybridized carbons (Fsp3) is 0.600. The van der Waals surface area contributed by atoms with Crippen molar-refractivity contribution in [2.24, 2.45) is 0 Å². The van der Waals surface area contributed by atoms with Crippen molar-refractivity contribution < 1.29 is 4.79 Å². The van der Waals surface area contributed by atoms with Gasteiger partial charge in [-0.1, -0.05) is 12.2 Å². The van der Waals surface area contributed by atoms with Crippen LogP contribution in [0.5, 0.6) is 0 Å². The molecule has 2 nitrogen and oxygen atoms in total. The first kappa shape index (κ1) is 8.24. The van der Waals surface area contributed by atoms with E-state index in [0.717, 1.165) is 0 Å². The normalized spacial score (nSPS) is 33.7. The fourth-order valence-electron chi connectivity index (χ4n) is 0.729. The Bertz CT molecular complexity index is 176. The first-order valence-corrected chi connectivity index (χ1v) is 3.93. The van der Waals surface area contributed by atoms with Gasteiger partial charge in [-0.15, -0.1) is 23.2 Å². The van der Waals surface area contributed by atoms with E-state index in [4.69, 9.17) is 35.4 Å². The van der Waals surface area contributed by atoms with Crippen LogP contribution in [0.25, 0.3) is 0 Å². The SMILES string of the molecule is CN1C(=O)C(Cl)C(Cl)C1=S. The van der Waals surface area contributed by atoms with E-state index in [2.05, 4.69) is 0 Å². The molecule has 0 aromatic carbocycles. The molecule has 2 unspecified atom stereocenters. The second-order valence-corrected chi connectivity index (χ2v) is 3.40. The zero-order chi connectivity index (χ0) is 7.89. The zero-order valence-electron chi connectivity index (χ0n) is 5.17. The fourth-order valence-corrected chi connectivity index (χ4v) is 1.55. The minimum atomic E-state index is -0.681. The molecule has 10 heavy (non-hydrogen) atoms. The van der Waals surface area contributed by atoms with Crippen molar-refractivity contribution in [1.82, 2.24) is 4.90 Å². The monoisotopic (exact) mass is 197 g/mol. The van der Waals surface area contributed by atoms with Crippen LogP contribution >= 0.6 is 35.4 Å². The molecule has 2 atom stereocenters. The van der Waals surface area contributed by atoms with E-state index < -0.39 is 10.8 Å². The highest BCUT2D eigenvalue weighted by Crippen LogP contribution is 2.23. The molecule has 0 aromatic heterocycles. The van der Waals surface area contributed by atoms with Crippen molar-refractivity contribution >= 4 is 46.3 Å². The number of hydrogen-bond acceptors (Lipinski definition) is 2. The van der Waals surface area contributed by atoms with E-state index in [-0.39, 0.29) is 5.91 Å². The van der Waals surface area contributed by atoms with Gasteiger partial charge in [0, 0.05) is 7.05 Å². The molecule has 1 fully saturated rings. The molecule has 1 saturated heterocycles. The van der Waals surface area contributed by atoms with Gasteiger partial charge in [0.25, 0.3) is 0 Å². The third kappa shape index (κ3) is 1.02. The summed E-state index contributed by atoms with van der Waals surface area (Å²) in [5.74, 6) is -0.216. The number of thiocarbonyl (C=S) groups is 1. The number of hydrogen-bond donors (Lipinski definition) is 0. The zero-order valence-corrected chi connectivity index (χ0v) is 7.50. The molecule has 0 spiro atoms. The molecular weight excluding hydrogens is 193 g/mol. The highest BCUT2D eigenvalue weighted by atomic mass is 35.5. The number of amides is 1. The van der Waals surface area contributed by atoms with Crippen LogP contribution in [0.1, 0.15) is 0 Å². The Hall–Kier alpha value is 0.140. The van der Waals surface area contributed by atoms with Crippen molar-refractivity contribution in [3.8, 4) is 0 Å². The summed E-state index contributed by atoms with van der Waals surface area (Å²) in [6.45, 7) is 0. The molecule has 1 rings (SSSR count). The van der Waals surface area contributed by atoms with Crippen LogP contribution in [0, 0.1) is 0 Å². The summed E-state index contributed by atoms with van der Waals surface area (Å²) in [4.78, 5) is 12.7. The van der Waals surface area contributed by atoms with Crippen molar-refractivity contribution in [2.75, 3.05) is 7.05 Å². The minimum absolute atomic E-state index is 0.216. The van der Waals surface area contributed by atoms with Gasteiger partial charge in [-0.2, -0.15) is 0 Å². The Morgan fingerprint density at radius 3 is 2.10 bits per heavy atom. The second-order valence-electron chi connectivity index (χ2n) is 2.04. The lowest BCUT2D eigenvalue weighted by Gasteiger charge is -2.05. The number of carbonyl (C=O) groups excluding carboxylic acids is 1. The van der Waals surface area contributed by atoms with E-state index in [1.54, 1.807) is 7.05 Å².